The van der Waals surface area contributed by atoms with Crippen LogP contribution in [0.4, 0.5) is 0 Å². The van der Waals surface area contributed by atoms with Crippen molar-refractivity contribution in [3.63, 3.8) is 0 Å². The van der Waals surface area contributed by atoms with E-state index in [9.17, 15) is 8.42 Å². The van der Waals surface area contributed by atoms with Crippen LogP contribution in [0.1, 0.15) is 23.1 Å². The van der Waals surface area contributed by atoms with E-state index in [1.165, 1.54) is 0 Å². The van der Waals surface area contributed by atoms with Crippen LogP contribution in [0.15, 0.2) is 17.0 Å². The molecule has 112 valence electrons. The fourth-order valence-corrected chi connectivity index (χ4v) is 4.85. The van der Waals surface area contributed by atoms with Gasteiger partial charge in [-0.2, -0.15) is 4.31 Å². The van der Waals surface area contributed by atoms with Crippen molar-refractivity contribution in [3.05, 3.63) is 28.8 Å². The van der Waals surface area contributed by atoms with Gasteiger partial charge < -0.3 is 4.90 Å². The molecule has 1 aliphatic heterocycles. The van der Waals surface area contributed by atoms with E-state index in [2.05, 4.69) is 4.90 Å². The van der Waals surface area contributed by atoms with Crippen LogP contribution < -0.4 is 0 Å². The van der Waals surface area contributed by atoms with Gasteiger partial charge in [-0.25, -0.2) is 8.42 Å². The lowest BCUT2D eigenvalue weighted by Crippen LogP contribution is -2.35. The molecule has 0 atom stereocenters. The highest BCUT2D eigenvalue weighted by atomic mass is 32.2. The average molecular weight is 296 g/mol. The molecule has 1 heterocycles. The summed E-state index contributed by atoms with van der Waals surface area (Å²) in [6.07, 6.45) is 0.889. The molecular formula is C15H24N2O2S. The molecule has 0 unspecified atom stereocenters. The van der Waals surface area contributed by atoms with E-state index in [0.29, 0.717) is 18.0 Å². The molecule has 0 aliphatic carbocycles. The molecule has 0 radical (unpaired) electrons. The maximum absolute atomic E-state index is 12.9. The SMILES string of the molecule is Cc1cc(C)c(S(=O)(=O)N2CCCN(C)CC2)c(C)c1. The molecule has 0 spiro atoms. The minimum absolute atomic E-state index is 0.493. The molecule has 0 saturated carbocycles. The smallest absolute Gasteiger partial charge is 0.243 e. The summed E-state index contributed by atoms with van der Waals surface area (Å²) in [6, 6.07) is 3.90. The van der Waals surface area contributed by atoms with Crippen molar-refractivity contribution < 1.29 is 8.42 Å². The molecule has 1 aliphatic rings. The molecule has 1 saturated heterocycles. The first-order valence-corrected chi connectivity index (χ1v) is 8.53. The van der Waals surface area contributed by atoms with Crippen LogP contribution in [0.3, 0.4) is 0 Å². The van der Waals surface area contributed by atoms with Crippen molar-refractivity contribution >= 4 is 10.0 Å². The Morgan fingerprint density at radius 3 is 2.15 bits per heavy atom. The van der Waals surface area contributed by atoms with Crippen LogP contribution in [0.2, 0.25) is 0 Å². The Morgan fingerprint density at radius 1 is 0.950 bits per heavy atom. The van der Waals surface area contributed by atoms with E-state index in [0.717, 1.165) is 36.2 Å². The van der Waals surface area contributed by atoms with Gasteiger partial charge in [0, 0.05) is 19.6 Å². The van der Waals surface area contributed by atoms with Crippen molar-refractivity contribution in [2.45, 2.75) is 32.1 Å². The third-order valence-electron chi connectivity index (χ3n) is 3.88. The van der Waals surface area contributed by atoms with Gasteiger partial charge in [-0.15, -0.1) is 0 Å². The van der Waals surface area contributed by atoms with E-state index in [-0.39, 0.29) is 0 Å². The molecule has 0 bridgehead atoms. The molecule has 5 heteroatoms. The molecule has 4 nitrogen and oxygen atoms in total. The Kier molecular flexibility index (Phi) is 4.52. The lowest BCUT2D eigenvalue weighted by atomic mass is 10.1. The molecule has 2 rings (SSSR count). The highest BCUT2D eigenvalue weighted by Gasteiger charge is 2.28. The van der Waals surface area contributed by atoms with Gasteiger partial charge in [0.25, 0.3) is 0 Å². The summed E-state index contributed by atoms with van der Waals surface area (Å²) in [5.74, 6) is 0. The van der Waals surface area contributed by atoms with E-state index < -0.39 is 10.0 Å². The second-order valence-corrected chi connectivity index (χ2v) is 7.66. The van der Waals surface area contributed by atoms with Crippen molar-refractivity contribution in [2.24, 2.45) is 0 Å². The highest BCUT2D eigenvalue weighted by molar-refractivity contribution is 7.89. The number of hydrogen-bond donors (Lipinski definition) is 0. The van der Waals surface area contributed by atoms with Crippen LogP contribution in [0, 0.1) is 20.8 Å². The average Bonchev–Trinajstić information content (AvgIpc) is 2.52. The zero-order valence-electron chi connectivity index (χ0n) is 12.8. The van der Waals surface area contributed by atoms with Gasteiger partial charge >= 0.3 is 0 Å². The third kappa shape index (κ3) is 3.05. The van der Waals surface area contributed by atoms with Crippen LogP contribution in [-0.2, 0) is 10.0 Å². The topological polar surface area (TPSA) is 40.6 Å². The van der Waals surface area contributed by atoms with Crippen molar-refractivity contribution in [1.82, 2.24) is 9.21 Å². The van der Waals surface area contributed by atoms with Gasteiger partial charge in [-0.3, -0.25) is 0 Å². The first-order chi connectivity index (χ1) is 9.32. The Balaban J connectivity index is 2.40. The molecule has 0 N–H and O–H groups in total. The minimum atomic E-state index is -3.38. The third-order valence-corrected chi connectivity index (χ3v) is 6.09. The second kappa shape index (κ2) is 5.84. The summed E-state index contributed by atoms with van der Waals surface area (Å²) in [5.41, 5.74) is 2.80. The van der Waals surface area contributed by atoms with E-state index in [1.807, 2.05) is 40.0 Å². The van der Waals surface area contributed by atoms with Gasteiger partial charge in [-0.05, 0) is 51.9 Å². The zero-order chi connectivity index (χ0) is 14.9. The van der Waals surface area contributed by atoms with Gasteiger partial charge in [0.05, 0.1) is 4.90 Å². The fourth-order valence-electron chi connectivity index (χ4n) is 2.97. The predicted molar refractivity (Wildman–Crippen MR) is 81.5 cm³/mol. The number of likely N-dealkylation sites (N-methyl/N-ethyl adjacent to an activating group) is 1. The number of nitrogens with zero attached hydrogens (tertiary/aromatic N) is 2. The van der Waals surface area contributed by atoms with E-state index in [4.69, 9.17) is 0 Å². The van der Waals surface area contributed by atoms with Gasteiger partial charge in [-0.1, -0.05) is 17.7 Å². The largest absolute Gasteiger partial charge is 0.305 e. The Labute approximate surface area is 122 Å². The summed E-state index contributed by atoms with van der Waals surface area (Å²) < 4.78 is 27.5. The molecule has 0 aromatic heterocycles. The number of hydrogen-bond acceptors (Lipinski definition) is 3. The summed E-state index contributed by atoms with van der Waals surface area (Å²) in [7, 11) is -1.34. The van der Waals surface area contributed by atoms with Gasteiger partial charge in [0.15, 0.2) is 0 Å². The fraction of sp³-hybridized carbons (Fsp3) is 0.600. The van der Waals surface area contributed by atoms with Gasteiger partial charge in [0.1, 0.15) is 0 Å². The summed E-state index contributed by atoms with van der Waals surface area (Å²) in [4.78, 5) is 2.68. The van der Waals surface area contributed by atoms with E-state index >= 15 is 0 Å². The summed E-state index contributed by atoms with van der Waals surface area (Å²) in [6.45, 7) is 8.71. The number of aryl methyl sites for hydroxylation is 3. The first-order valence-electron chi connectivity index (χ1n) is 7.09. The molecule has 1 aromatic rings. The van der Waals surface area contributed by atoms with Crippen LogP contribution in [0.25, 0.3) is 0 Å². The predicted octanol–water partition coefficient (Wildman–Crippen LogP) is 1.94. The maximum Gasteiger partial charge on any atom is 0.243 e. The molecular weight excluding hydrogens is 272 g/mol. The van der Waals surface area contributed by atoms with E-state index in [1.54, 1.807) is 4.31 Å². The zero-order valence-corrected chi connectivity index (χ0v) is 13.6. The van der Waals surface area contributed by atoms with Crippen molar-refractivity contribution in [2.75, 3.05) is 33.2 Å². The lowest BCUT2D eigenvalue weighted by molar-refractivity contribution is 0.347. The van der Waals surface area contributed by atoms with Crippen molar-refractivity contribution in [3.8, 4) is 0 Å². The normalized spacial score (nSPS) is 19.0. The number of rotatable bonds is 2. The lowest BCUT2D eigenvalue weighted by Gasteiger charge is -2.22. The quantitative estimate of drug-likeness (QED) is 0.837. The number of sulfonamides is 1. The Morgan fingerprint density at radius 2 is 1.55 bits per heavy atom. The monoisotopic (exact) mass is 296 g/mol. The van der Waals surface area contributed by atoms with Crippen LogP contribution in [0.5, 0.6) is 0 Å². The molecule has 0 amide bonds. The molecule has 1 fully saturated rings. The number of benzene rings is 1. The van der Waals surface area contributed by atoms with Crippen LogP contribution >= 0.6 is 0 Å². The summed E-state index contributed by atoms with van der Waals surface area (Å²) in [5, 5.41) is 0. The summed E-state index contributed by atoms with van der Waals surface area (Å²) >= 11 is 0. The first kappa shape index (κ1) is 15.5. The molecule has 1 aromatic carbocycles. The molecule has 20 heavy (non-hydrogen) atoms. The Bertz CT molecular complexity index is 573. The van der Waals surface area contributed by atoms with Crippen molar-refractivity contribution in [1.29, 1.82) is 0 Å². The Hall–Kier alpha value is -0.910. The standard InChI is InChI=1S/C15H24N2O2S/c1-12-10-13(2)15(14(3)11-12)20(18,19)17-7-5-6-16(4)8-9-17/h10-11H,5-9H2,1-4H3. The highest BCUT2D eigenvalue weighted by Crippen LogP contribution is 2.25. The maximum atomic E-state index is 12.9. The van der Waals surface area contributed by atoms with Gasteiger partial charge in [0.2, 0.25) is 10.0 Å². The second-order valence-electron chi connectivity index (χ2n) is 5.79. The minimum Gasteiger partial charge on any atom is -0.305 e. The van der Waals surface area contributed by atoms with Crippen LogP contribution in [-0.4, -0.2) is 50.8 Å².